The van der Waals surface area contributed by atoms with Gasteiger partial charge in [0.05, 0.1) is 0 Å². The summed E-state index contributed by atoms with van der Waals surface area (Å²) in [6.07, 6.45) is 45.6. The Balaban J connectivity index is 1.99. The highest BCUT2D eigenvalue weighted by Gasteiger charge is 2.15. The molecule has 2 heteroatoms. The molecule has 1 rings (SSSR count). The second kappa shape index (κ2) is 28.3. The van der Waals surface area contributed by atoms with E-state index in [0.717, 1.165) is 0 Å². The first kappa shape index (κ1) is 37.2. The van der Waals surface area contributed by atoms with E-state index >= 15 is 0 Å². The molecule has 0 amide bonds. The number of nitrogens with zero attached hydrogens (tertiary/aromatic N) is 2. The lowest BCUT2D eigenvalue weighted by Gasteiger charge is -2.20. The zero-order valence-electron chi connectivity index (χ0n) is 28.2. The summed E-state index contributed by atoms with van der Waals surface area (Å²) in [7, 11) is 0. The van der Waals surface area contributed by atoms with Crippen molar-refractivity contribution < 1.29 is 0 Å². The minimum Gasteiger partial charge on any atom is -0.332 e. The summed E-state index contributed by atoms with van der Waals surface area (Å²) in [5, 5.41) is 0. The van der Waals surface area contributed by atoms with Gasteiger partial charge in [0.25, 0.3) is 0 Å². The Hall–Kier alpha value is -0.790. The maximum Gasteiger partial charge on any atom is 0.111 e. The number of aromatic nitrogens is 2. The largest absolute Gasteiger partial charge is 0.332 e. The van der Waals surface area contributed by atoms with E-state index < -0.39 is 0 Å². The predicted octanol–water partition coefficient (Wildman–Crippen LogP) is 13.9. The Labute approximate surface area is 253 Å². The number of rotatable bonds is 31. The molecule has 0 aliphatic rings. The highest BCUT2D eigenvalue weighted by Crippen LogP contribution is 2.26. The molecule has 2 unspecified atom stereocenters. The third kappa shape index (κ3) is 21.0. The van der Waals surface area contributed by atoms with Gasteiger partial charge in [0.1, 0.15) is 5.82 Å². The van der Waals surface area contributed by atoms with Crippen molar-refractivity contribution in [3.63, 3.8) is 0 Å². The van der Waals surface area contributed by atoms with Crippen molar-refractivity contribution in [1.29, 1.82) is 0 Å². The summed E-state index contributed by atoms with van der Waals surface area (Å²) in [5.41, 5.74) is 0. The van der Waals surface area contributed by atoms with Crippen molar-refractivity contribution in [2.45, 2.75) is 226 Å². The third-order valence-electron chi connectivity index (χ3n) is 9.33. The van der Waals surface area contributed by atoms with Gasteiger partial charge >= 0.3 is 0 Å². The molecule has 0 bridgehead atoms. The molecular weight excluding hydrogens is 484 g/mol. The fourth-order valence-electron chi connectivity index (χ4n) is 6.45. The van der Waals surface area contributed by atoms with Crippen molar-refractivity contribution >= 4 is 0 Å². The normalized spacial score (nSPS) is 13.2. The number of hydrogen-bond donors (Lipinski definition) is 0. The van der Waals surface area contributed by atoms with E-state index in [1.54, 1.807) is 0 Å². The van der Waals surface area contributed by atoms with Crippen LogP contribution in [0.4, 0.5) is 0 Å². The van der Waals surface area contributed by atoms with Crippen LogP contribution in [0.3, 0.4) is 0 Å². The minimum absolute atomic E-state index is 0.585. The van der Waals surface area contributed by atoms with Gasteiger partial charge in [-0.2, -0.15) is 0 Å². The molecule has 0 aromatic carbocycles. The first-order chi connectivity index (χ1) is 19.7. The molecule has 1 aromatic heterocycles. The van der Waals surface area contributed by atoms with Gasteiger partial charge in [0, 0.05) is 24.4 Å². The van der Waals surface area contributed by atoms with Gasteiger partial charge in [-0.1, -0.05) is 194 Å². The van der Waals surface area contributed by atoms with Crippen LogP contribution in [0, 0.1) is 0 Å². The van der Waals surface area contributed by atoms with Gasteiger partial charge in [-0.3, -0.25) is 0 Å². The van der Waals surface area contributed by atoms with Gasteiger partial charge < -0.3 is 4.57 Å². The molecular formula is C38H74N2. The average Bonchev–Trinajstić information content (AvgIpc) is 3.46. The van der Waals surface area contributed by atoms with Gasteiger partial charge in [-0.25, -0.2) is 4.98 Å². The van der Waals surface area contributed by atoms with Crippen LogP contribution in [0.25, 0.3) is 0 Å². The first-order valence-corrected chi connectivity index (χ1v) is 18.7. The summed E-state index contributed by atoms with van der Waals surface area (Å²) < 4.78 is 2.50. The Morgan fingerprint density at radius 2 is 0.800 bits per heavy atom. The minimum atomic E-state index is 0.585. The molecule has 236 valence electrons. The van der Waals surface area contributed by atoms with Crippen LogP contribution in [-0.2, 0) is 0 Å². The standard InChI is InChI=1S/C38H74N2/c1-5-7-9-11-13-15-17-19-20-21-23-25-27-29-31-33-37(4)40-35-34-39-38(40)36(3)32-30-28-26-24-22-18-16-14-12-10-8-6-2/h34-37H,5-33H2,1-4H3. The molecule has 1 aromatic rings. The van der Waals surface area contributed by atoms with E-state index in [0.29, 0.717) is 12.0 Å². The Morgan fingerprint density at radius 3 is 1.18 bits per heavy atom. The summed E-state index contributed by atoms with van der Waals surface area (Å²) in [6.45, 7) is 9.42. The van der Waals surface area contributed by atoms with Gasteiger partial charge in [0.2, 0.25) is 0 Å². The van der Waals surface area contributed by atoms with Crippen molar-refractivity contribution in [2.24, 2.45) is 0 Å². The second-order valence-electron chi connectivity index (χ2n) is 13.4. The first-order valence-electron chi connectivity index (χ1n) is 18.7. The topological polar surface area (TPSA) is 17.8 Å². The molecule has 0 aliphatic carbocycles. The Kier molecular flexibility index (Phi) is 26.4. The molecule has 0 spiro atoms. The molecule has 40 heavy (non-hydrogen) atoms. The van der Waals surface area contributed by atoms with E-state index in [9.17, 15) is 0 Å². The summed E-state index contributed by atoms with van der Waals surface area (Å²) in [6, 6.07) is 0.587. The third-order valence-corrected chi connectivity index (χ3v) is 9.33. The SMILES string of the molecule is CCCCCCCCCCCCCCCCCC(C)n1ccnc1C(C)CCCCCCCCCCCCCC. The fraction of sp³-hybridized carbons (Fsp3) is 0.921. The quantitative estimate of drug-likeness (QED) is 0.0828. The highest BCUT2D eigenvalue weighted by atomic mass is 15.1. The van der Waals surface area contributed by atoms with Crippen LogP contribution in [0.15, 0.2) is 12.4 Å². The van der Waals surface area contributed by atoms with Crippen LogP contribution in [0.1, 0.15) is 232 Å². The molecule has 1 heterocycles. The lowest BCUT2D eigenvalue weighted by atomic mass is 9.99. The van der Waals surface area contributed by atoms with Crippen LogP contribution in [0.5, 0.6) is 0 Å². The number of hydrogen-bond acceptors (Lipinski definition) is 1. The Morgan fingerprint density at radius 1 is 0.475 bits per heavy atom. The molecule has 2 atom stereocenters. The molecule has 0 saturated heterocycles. The van der Waals surface area contributed by atoms with Crippen molar-refractivity contribution in [1.82, 2.24) is 9.55 Å². The van der Waals surface area contributed by atoms with E-state index in [1.807, 2.05) is 6.20 Å². The molecule has 0 radical (unpaired) electrons. The van der Waals surface area contributed by atoms with Crippen molar-refractivity contribution in [2.75, 3.05) is 0 Å². The number of unbranched alkanes of at least 4 members (excludes halogenated alkanes) is 25. The van der Waals surface area contributed by atoms with Crippen molar-refractivity contribution in [3.05, 3.63) is 18.2 Å². The summed E-state index contributed by atoms with van der Waals surface area (Å²) in [5.74, 6) is 1.91. The number of imidazole rings is 1. The summed E-state index contributed by atoms with van der Waals surface area (Å²) >= 11 is 0. The monoisotopic (exact) mass is 559 g/mol. The van der Waals surface area contributed by atoms with Crippen LogP contribution in [0.2, 0.25) is 0 Å². The van der Waals surface area contributed by atoms with E-state index in [4.69, 9.17) is 4.98 Å². The van der Waals surface area contributed by atoms with Gasteiger partial charge in [-0.05, 0) is 19.8 Å². The van der Waals surface area contributed by atoms with E-state index in [1.165, 1.54) is 192 Å². The van der Waals surface area contributed by atoms with Gasteiger partial charge in [-0.15, -0.1) is 0 Å². The molecule has 2 nitrogen and oxygen atoms in total. The summed E-state index contributed by atoms with van der Waals surface area (Å²) in [4.78, 5) is 4.80. The highest BCUT2D eigenvalue weighted by molar-refractivity contribution is 5.01. The molecule has 0 saturated carbocycles. The zero-order valence-corrected chi connectivity index (χ0v) is 28.2. The van der Waals surface area contributed by atoms with Crippen LogP contribution in [-0.4, -0.2) is 9.55 Å². The van der Waals surface area contributed by atoms with Crippen LogP contribution >= 0.6 is 0 Å². The molecule has 0 aliphatic heterocycles. The molecule has 0 N–H and O–H groups in total. The van der Waals surface area contributed by atoms with Gasteiger partial charge in [0.15, 0.2) is 0 Å². The zero-order chi connectivity index (χ0) is 28.9. The lowest BCUT2D eigenvalue weighted by Crippen LogP contribution is -2.11. The second-order valence-corrected chi connectivity index (χ2v) is 13.4. The lowest BCUT2D eigenvalue weighted by molar-refractivity contribution is 0.435. The fourth-order valence-corrected chi connectivity index (χ4v) is 6.45. The average molecular weight is 559 g/mol. The van der Waals surface area contributed by atoms with Crippen molar-refractivity contribution in [3.8, 4) is 0 Å². The Bertz CT molecular complexity index is 621. The predicted molar refractivity (Wildman–Crippen MR) is 181 cm³/mol. The maximum absolute atomic E-state index is 4.80. The van der Waals surface area contributed by atoms with E-state index in [-0.39, 0.29) is 0 Å². The maximum atomic E-state index is 4.80. The molecule has 0 fully saturated rings. The smallest absolute Gasteiger partial charge is 0.111 e. The van der Waals surface area contributed by atoms with E-state index in [2.05, 4.69) is 38.5 Å². The van der Waals surface area contributed by atoms with Crippen LogP contribution < -0.4 is 0 Å².